The average Bonchev–Trinajstić information content (AvgIpc) is 2.66. The van der Waals surface area contributed by atoms with E-state index in [9.17, 15) is 49.2 Å². The number of aromatic carboxylic acids is 6. The summed E-state index contributed by atoms with van der Waals surface area (Å²) in [6, 6.07) is 2.68. The fraction of sp³-hybridized carbons (Fsp3) is 0. The highest BCUT2D eigenvalue weighted by Crippen LogP contribution is 2.23. The SMILES string of the molecule is O=C(O)c1cc(C(=O)O)c(C(=O)O)cc1Pc1cc(C(=O)O)c(C(=O)O)cc1C(=O)O. The van der Waals surface area contributed by atoms with Gasteiger partial charge < -0.3 is 30.6 Å². The van der Waals surface area contributed by atoms with Crippen LogP contribution in [0, 0.1) is 0 Å². The second-order valence-electron chi connectivity index (χ2n) is 5.84. The number of benzene rings is 2. The Kier molecular flexibility index (Phi) is 6.37. The molecule has 0 fully saturated rings. The lowest BCUT2D eigenvalue weighted by Crippen LogP contribution is -2.23. The molecule has 0 amide bonds. The number of carbonyl (C=O) groups is 6. The molecular formula is C18H11O12P. The van der Waals surface area contributed by atoms with E-state index in [0.29, 0.717) is 12.1 Å². The van der Waals surface area contributed by atoms with Gasteiger partial charge in [0, 0.05) is 0 Å². The number of rotatable bonds is 8. The molecule has 0 unspecified atom stereocenters. The summed E-state index contributed by atoms with van der Waals surface area (Å²) in [5, 5.41) is 55.0. The van der Waals surface area contributed by atoms with Gasteiger partial charge in [0.25, 0.3) is 0 Å². The van der Waals surface area contributed by atoms with E-state index in [1.54, 1.807) is 0 Å². The van der Waals surface area contributed by atoms with Gasteiger partial charge in [-0.25, -0.2) is 28.8 Å². The maximum absolute atomic E-state index is 11.6. The van der Waals surface area contributed by atoms with E-state index >= 15 is 0 Å². The Bertz CT molecular complexity index is 1090. The van der Waals surface area contributed by atoms with Crippen molar-refractivity contribution in [3.05, 3.63) is 57.6 Å². The Morgan fingerprint density at radius 3 is 0.871 bits per heavy atom. The van der Waals surface area contributed by atoms with Gasteiger partial charge in [-0.2, -0.15) is 0 Å². The predicted octanol–water partition coefficient (Wildman–Crippen LogP) is 0.505. The van der Waals surface area contributed by atoms with Crippen LogP contribution in [0.4, 0.5) is 0 Å². The smallest absolute Gasteiger partial charge is 0.336 e. The molecule has 2 aromatic rings. The maximum atomic E-state index is 11.6. The molecule has 0 bridgehead atoms. The van der Waals surface area contributed by atoms with Crippen molar-refractivity contribution in [3.8, 4) is 0 Å². The fourth-order valence-electron chi connectivity index (χ4n) is 2.61. The summed E-state index contributed by atoms with van der Waals surface area (Å²) in [7, 11) is -0.956. The third kappa shape index (κ3) is 4.65. The molecule has 0 aliphatic heterocycles. The number of hydrogen-bond donors (Lipinski definition) is 6. The maximum Gasteiger partial charge on any atom is 0.336 e. The first-order valence-corrected chi connectivity index (χ1v) is 8.88. The van der Waals surface area contributed by atoms with Gasteiger partial charge in [-0.15, -0.1) is 0 Å². The van der Waals surface area contributed by atoms with Crippen LogP contribution in [0.3, 0.4) is 0 Å². The first kappa shape index (κ1) is 23.0. The van der Waals surface area contributed by atoms with Crippen LogP contribution in [0.5, 0.6) is 0 Å². The molecule has 0 saturated heterocycles. The van der Waals surface area contributed by atoms with Crippen molar-refractivity contribution in [1.82, 2.24) is 0 Å². The number of hydrogen-bond acceptors (Lipinski definition) is 6. The van der Waals surface area contributed by atoms with E-state index in [0.717, 1.165) is 12.1 Å². The molecule has 0 heterocycles. The zero-order valence-electron chi connectivity index (χ0n) is 14.9. The van der Waals surface area contributed by atoms with Gasteiger partial charge in [0.1, 0.15) is 0 Å². The van der Waals surface area contributed by atoms with Crippen molar-refractivity contribution in [2.24, 2.45) is 0 Å². The molecule has 0 atom stereocenters. The molecule has 0 spiro atoms. The third-order valence-electron chi connectivity index (χ3n) is 3.97. The lowest BCUT2D eigenvalue weighted by Gasteiger charge is -2.14. The van der Waals surface area contributed by atoms with Gasteiger partial charge >= 0.3 is 35.8 Å². The van der Waals surface area contributed by atoms with Crippen LogP contribution in [0.15, 0.2) is 24.3 Å². The molecule has 0 aromatic heterocycles. The number of carboxylic acid groups (broad SMARTS) is 6. The van der Waals surface area contributed by atoms with Crippen LogP contribution in [-0.4, -0.2) is 66.5 Å². The Hall–Kier alpha value is -4.31. The molecule has 13 heteroatoms. The minimum Gasteiger partial charge on any atom is -0.478 e. The molecule has 31 heavy (non-hydrogen) atoms. The molecule has 0 saturated carbocycles. The monoisotopic (exact) mass is 450 g/mol. The van der Waals surface area contributed by atoms with Crippen LogP contribution >= 0.6 is 8.58 Å². The van der Waals surface area contributed by atoms with Gasteiger partial charge in [0.15, 0.2) is 0 Å². The zero-order valence-corrected chi connectivity index (χ0v) is 15.9. The summed E-state index contributed by atoms with van der Waals surface area (Å²) in [6.07, 6.45) is 0. The summed E-state index contributed by atoms with van der Waals surface area (Å²) >= 11 is 0. The first-order valence-electron chi connectivity index (χ1n) is 7.88. The van der Waals surface area contributed by atoms with Crippen molar-refractivity contribution in [1.29, 1.82) is 0 Å². The van der Waals surface area contributed by atoms with E-state index < -0.39 is 77.8 Å². The molecule has 2 rings (SSSR count). The van der Waals surface area contributed by atoms with Crippen LogP contribution in [0.2, 0.25) is 0 Å². The minimum absolute atomic E-state index is 0.295. The molecular weight excluding hydrogens is 439 g/mol. The van der Waals surface area contributed by atoms with Crippen molar-refractivity contribution >= 4 is 55.0 Å². The van der Waals surface area contributed by atoms with E-state index in [4.69, 9.17) is 10.2 Å². The Morgan fingerprint density at radius 1 is 0.419 bits per heavy atom. The summed E-state index contributed by atoms with van der Waals surface area (Å²) < 4.78 is 0. The zero-order chi connectivity index (χ0) is 23.6. The van der Waals surface area contributed by atoms with Crippen LogP contribution in [0.25, 0.3) is 0 Å². The van der Waals surface area contributed by atoms with Crippen LogP contribution in [0.1, 0.15) is 62.1 Å². The molecule has 2 aromatic carbocycles. The lowest BCUT2D eigenvalue weighted by atomic mass is 10.0. The van der Waals surface area contributed by atoms with Crippen LogP contribution < -0.4 is 10.6 Å². The van der Waals surface area contributed by atoms with E-state index in [2.05, 4.69) is 0 Å². The quantitative estimate of drug-likeness (QED) is 0.303. The third-order valence-corrected chi connectivity index (χ3v) is 5.33. The summed E-state index contributed by atoms with van der Waals surface area (Å²) in [6.45, 7) is 0. The van der Waals surface area contributed by atoms with Crippen molar-refractivity contribution < 1.29 is 59.4 Å². The molecule has 0 radical (unpaired) electrons. The topological polar surface area (TPSA) is 224 Å². The highest BCUT2D eigenvalue weighted by molar-refractivity contribution is 7.56. The van der Waals surface area contributed by atoms with E-state index in [-0.39, 0.29) is 10.6 Å². The largest absolute Gasteiger partial charge is 0.478 e. The lowest BCUT2D eigenvalue weighted by molar-refractivity contribution is 0.0649. The Balaban J connectivity index is 2.83. The van der Waals surface area contributed by atoms with Crippen molar-refractivity contribution in [2.45, 2.75) is 0 Å². The van der Waals surface area contributed by atoms with Gasteiger partial charge in [0.05, 0.1) is 33.4 Å². The molecule has 160 valence electrons. The normalized spacial score (nSPS) is 10.3. The summed E-state index contributed by atoms with van der Waals surface area (Å²) in [5.41, 5.74) is -4.45. The van der Waals surface area contributed by atoms with Crippen molar-refractivity contribution in [2.75, 3.05) is 0 Å². The standard InChI is InChI=1S/C18H11O12P/c19-13(20)5-1-9(17(27)28)11(3-7(5)15(23)24)31-12-4-8(16(25)26)6(14(21)22)2-10(12)18(29)30/h1-4,31H,(H,19,20)(H,21,22)(H,23,24)(H,25,26)(H,27,28)(H,29,30). The van der Waals surface area contributed by atoms with Gasteiger partial charge in [-0.3, -0.25) is 0 Å². The second kappa shape index (κ2) is 8.59. The van der Waals surface area contributed by atoms with E-state index in [1.807, 2.05) is 0 Å². The average molecular weight is 450 g/mol. The summed E-state index contributed by atoms with van der Waals surface area (Å²) in [5.74, 6) is -10.1. The highest BCUT2D eigenvalue weighted by atomic mass is 31.1. The molecule has 0 aliphatic rings. The molecule has 0 aliphatic carbocycles. The van der Waals surface area contributed by atoms with Crippen LogP contribution in [-0.2, 0) is 0 Å². The van der Waals surface area contributed by atoms with Gasteiger partial charge in [0.2, 0.25) is 0 Å². The molecule has 12 nitrogen and oxygen atoms in total. The summed E-state index contributed by atoms with van der Waals surface area (Å²) in [4.78, 5) is 68.5. The minimum atomic E-state index is -1.71. The second-order valence-corrected chi connectivity index (χ2v) is 7.17. The Morgan fingerprint density at radius 2 is 0.645 bits per heavy atom. The molecule has 6 N–H and O–H groups in total. The van der Waals surface area contributed by atoms with Gasteiger partial charge in [-0.05, 0) is 34.9 Å². The van der Waals surface area contributed by atoms with Gasteiger partial charge in [-0.1, -0.05) is 8.58 Å². The predicted molar refractivity (Wildman–Crippen MR) is 102 cm³/mol. The Labute approximate surface area is 172 Å². The highest BCUT2D eigenvalue weighted by Gasteiger charge is 2.26. The fourth-order valence-corrected chi connectivity index (χ4v) is 3.96. The van der Waals surface area contributed by atoms with E-state index in [1.165, 1.54) is 0 Å². The first-order chi connectivity index (χ1) is 14.3. The van der Waals surface area contributed by atoms with Crippen molar-refractivity contribution in [3.63, 3.8) is 0 Å². The number of carboxylic acids is 6.